The van der Waals surface area contributed by atoms with Gasteiger partial charge in [0, 0.05) is 18.1 Å². The second-order valence-corrected chi connectivity index (χ2v) is 5.78. The first-order valence-electron chi connectivity index (χ1n) is 6.70. The molecule has 0 aromatic carbocycles. The van der Waals surface area contributed by atoms with E-state index in [-0.39, 0.29) is 0 Å². The minimum absolute atomic E-state index is 0.766. The molecule has 2 unspecified atom stereocenters. The van der Waals surface area contributed by atoms with E-state index in [9.17, 15) is 0 Å². The molecule has 2 atom stereocenters. The van der Waals surface area contributed by atoms with Crippen molar-refractivity contribution in [2.75, 3.05) is 13.2 Å². The van der Waals surface area contributed by atoms with Crippen molar-refractivity contribution in [1.82, 2.24) is 4.90 Å². The molecule has 3 aliphatic rings. The van der Waals surface area contributed by atoms with Crippen LogP contribution in [-0.4, -0.2) is 36.2 Å². The first-order valence-corrected chi connectivity index (χ1v) is 6.70. The Labute approximate surface area is 93.0 Å². The Kier molecular flexibility index (Phi) is 2.73. The van der Waals surface area contributed by atoms with Gasteiger partial charge in [-0.25, -0.2) is 0 Å². The Balaban J connectivity index is 1.66. The molecule has 2 aliphatic heterocycles. The molecule has 15 heavy (non-hydrogen) atoms. The van der Waals surface area contributed by atoms with Gasteiger partial charge < -0.3 is 4.74 Å². The summed E-state index contributed by atoms with van der Waals surface area (Å²) in [7, 11) is 0. The standard InChI is InChI=1S/C13H23NO/c1-10-2-4-11(5-3-10)14-12-6-7-13(14)9-15-8-12/h10-13H,2-9H2,1H3. The summed E-state index contributed by atoms with van der Waals surface area (Å²) in [6.45, 7) is 4.41. The lowest BCUT2D eigenvalue weighted by Gasteiger charge is -2.43. The molecule has 0 amide bonds. The zero-order chi connectivity index (χ0) is 10.3. The third-order valence-electron chi connectivity index (χ3n) is 4.70. The Morgan fingerprint density at radius 3 is 1.93 bits per heavy atom. The first-order chi connectivity index (χ1) is 7.34. The Bertz CT molecular complexity index is 207. The molecule has 1 aliphatic carbocycles. The van der Waals surface area contributed by atoms with Crippen LogP contribution in [0.4, 0.5) is 0 Å². The van der Waals surface area contributed by atoms with Gasteiger partial charge in [0.1, 0.15) is 0 Å². The Morgan fingerprint density at radius 2 is 1.33 bits per heavy atom. The summed E-state index contributed by atoms with van der Waals surface area (Å²) in [4.78, 5) is 2.83. The second kappa shape index (κ2) is 4.06. The van der Waals surface area contributed by atoms with Gasteiger partial charge in [0.25, 0.3) is 0 Å². The van der Waals surface area contributed by atoms with Crippen LogP contribution in [0.25, 0.3) is 0 Å². The van der Waals surface area contributed by atoms with Crippen molar-refractivity contribution in [2.24, 2.45) is 5.92 Å². The molecule has 0 N–H and O–H groups in total. The highest BCUT2D eigenvalue weighted by molar-refractivity contribution is 4.95. The molecular formula is C13H23NO. The Morgan fingerprint density at radius 1 is 0.800 bits per heavy atom. The van der Waals surface area contributed by atoms with Crippen molar-refractivity contribution in [1.29, 1.82) is 0 Å². The molecule has 1 saturated carbocycles. The summed E-state index contributed by atoms with van der Waals surface area (Å²) >= 11 is 0. The predicted molar refractivity (Wildman–Crippen MR) is 60.9 cm³/mol. The minimum Gasteiger partial charge on any atom is -0.378 e. The van der Waals surface area contributed by atoms with Crippen molar-refractivity contribution in [3.05, 3.63) is 0 Å². The largest absolute Gasteiger partial charge is 0.378 e. The molecule has 0 aromatic rings. The maximum Gasteiger partial charge on any atom is 0.0622 e. The molecule has 0 spiro atoms. The van der Waals surface area contributed by atoms with Crippen molar-refractivity contribution >= 4 is 0 Å². The number of nitrogens with zero attached hydrogens (tertiary/aromatic N) is 1. The van der Waals surface area contributed by atoms with Crippen LogP contribution in [0.15, 0.2) is 0 Å². The van der Waals surface area contributed by atoms with E-state index in [4.69, 9.17) is 4.74 Å². The number of hydrogen-bond acceptors (Lipinski definition) is 2. The smallest absolute Gasteiger partial charge is 0.0622 e. The van der Waals surface area contributed by atoms with Gasteiger partial charge in [-0.2, -0.15) is 0 Å². The maximum absolute atomic E-state index is 5.66. The van der Waals surface area contributed by atoms with Crippen LogP contribution >= 0.6 is 0 Å². The van der Waals surface area contributed by atoms with E-state index >= 15 is 0 Å². The fourth-order valence-electron chi connectivity index (χ4n) is 3.80. The Hall–Kier alpha value is -0.0800. The monoisotopic (exact) mass is 209 g/mol. The molecule has 2 bridgehead atoms. The lowest BCUT2D eigenvalue weighted by atomic mass is 9.86. The van der Waals surface area contributed by atoms with Crippen molar-refractivity contribution in [3.8, 4) is 0 Å². The number of fused-ring (bicyclic) bond motifs is 2. The molecule has 0 radical (unpaired) electrons. The molecule has 3 rings (SSSR count). The van der Waals surface area contributed by atoms with Crippen LogP contribution in [0, 0.1) is 5.92 Å². The quantitative estimate of drug-likeness (QED) is 0.657. The summed E-state index contributed by atoms with van der Waals surface area (Å²) in [5, 5.41) is 0. The van der Waals surface area contributed by atoms with Gasteiger partial charge in [-0.3, -0.25) is 4.90 Å². The van der Waals surface area contributed by atoms with Gasteiger partial charge in [0.05, 0.1) is 13.2 Å². The highest BCUT2D eigenvalue weighted by atomic mass is 16.5. The van der Waals surface area contributed by atoms with E-state index in [0.717, 1.165) is 37.3 Å². The van der Waals surface area contributed by atoms with Crippen molar-refractivity contribution in [2.45, 2.75) is 63.6 Å². The fourth-order valence-corrected chi connectivity index (χ4v) is 3.80. The summed E-state index contributed by atoms with van der Waals surface area (Å²) < 4.78 is 5.66. The molecule has 0 aromatic heterocycles. The number of rotatable bonds is 1. The topological polar surface area (TPSA) is 12.5 Å². The number of ether oxygens (including phenoxy) is 1. The highest BCUT2D eigenvalue weighted by Crippen LogP contribution is 2.36. The van der Waals surface area contributed by atoms with Crippen molar-refractivity contribution < 1.29 is 4.74 Å². The summed E-state index contributed by atoms with van der Waals surface area (Å²) in [5.74, 6) is 0.972. The lowest BCUT2D eigenvalue weighted by molar-refractivity contribution is -0.0455. The van der Waals surface area contributed by atoms with E-state index < -0.39 is 0 Å². The van der Waals surface area contributed by atoms with E-state index in [2.05, 4.69) is 11.8 Å². The summed E-state index contributed by atoms with van der Waals surface area (Å²) in [5.41, 5.74) is 0. The molecule has 2 heterocycles. The highest BCUT2D eigenvalue weighted by Gasteiger charge is 2.41. The number of morpholine rings is 1. The van der Waals surface area contributed by atoms with Gasteiger partial charge >= 0.3 is 0 Å². The average Bonchev–Trinajstić information content (AvgIpc) is 2.51. The van der Waals surface area contributed by atoms with E-state index in [1.165, 1.54) is 38.5 Å². The zero-order valence-corrected chi connectivity index (χ0v) is 9.82. The molecule has 86 valence electrons. The first kappa shape index (κ1) is 10.1. The molecule has 3 fully saturated rings. The average molecular weight is 209 g/mol. The predicted octanol–water partition coefficient (Wildman–Crippen LogP) is 2.43. The van der Waals surface area contributed by atoms with E-state index in [1.807, 2.05) is 0 Å². The van der Waals surface area contributed by atoms with E-state index in [1.54, 1.807) is 0 Å². The maximum atomic E-state index is 5.66. The van der Waals surface area contributed by atoms with Gasteiger partial charge in [-0.05, 0) is 44.4 Å². The van der Waals surface area contributed by atoms with Gasteiger partial charge in [-0.1, -0.05) is 6.92 Å². The zero-order valence-electron chi connectivity index (χ0n) is 9.82. The van der Waals surface area contributed by atoms with Crippen LogP contribution in [0.5, 0.6) is 0 Å². The third-order valence-corrected chi connectivity index (χ3v) is 4.70. The lowest BCUT2D eigenvalue weighted by Crippen LogP contribution is -2.52. The van der Waals surface area contributed by atoms with Crippen LogP contribution in [0.1, 0.15) is 45.4 Å². The van der Waals surface area contributed by atoms with Crippen LogP contribution in [0.2, 0.25) is 0 Å². The second-order valence-electron chi connectivity index (χ2n) is 5.78. The summed E-state index contributed by atoms with van der Waals surface area (Å²) in [6.07, 6.45) is 8.54. The number of hydrogen-bond donors (Lipinski definition) is 0. The summed E-state index contributed by atoms with van der Waals surface area (Å²) in [6, 6.07) is 2.42. The molecule has 2 nitrogen and oxygen atoms in total. The fraction of sp³-hybridized carbons (Fsp3) is 1.00. The van der Waals surface area contributed by atoms with Gasteiger partial charge in [0.15, 0.2) is 0 Å². The van der Waals surface area contributed by atoms with Gasteiger partial charge in [-0.15, -0.1) is 0 Å². The normalized spacial score (nSPS) is 47.0. The van der Waals surface area contributed by atoms with Crippen LogP contribution in [-0.2, 0) is 4.74 Å². The van der Waals surface area contributed by atoms with Crippen LogP contribution in [0.3, 0.4) is 0 Å². The van der Waals surface area contributed by atoms with Crippen molar-refractivity contribution in [3.63, 3.8) is 0 Å². The molecular weight excluding hydrogens is 186 g/mol. The van der Waals surface area contributed by atoms with E-state index in [0.29, 0.717) is 0 Å². The third kappa shape index (κ3) is 1.83. The minimum atomic E-state index is 0.766. The van der Waals surface area contributed by atoms with Crippen LogP contribution < -0.4 is 0 Å². The molecule has 2 saturated heterocycles. The SMILES string of the molecule is CC1CCC(N2C3CCC2COC3)CC1. The molecule has 2 heteroatoms. The van der Waals surface area contributed by atoms with Gasteiger partial charge in [0.2, 0.25) is 0 Å².